The van der Waals surface area contributed by atoms with Crippen molar-refractivity contribution in [2.45, 2.75) is 32.6 Å². The van der Waals surface area contributed by atoms with Gasteiger partial charge in [-0.3, -0.25) is 14.8 Å². The highest BCUT2D eigenvalue weighted by atomic mass is 16.2. The van der Waals surface area contributed by atoms with Gasteiger partial charge < -0.3 is 5.32 Å². The van der Waals surface area contributed by atoms with E-state index in [2.05, 4.69) is 22.2 Å². The predicted octanol–water partition coefficient (Wildman–Crippen LogP) is 1.74. The number of pyridine rings is 1. The first-order valence-corrected chi connectivity index (χ1v) is 7.69. The maximum Gasteiger partial charge on any atom is 0.336 e. The van der Waals surface area contributed by atoms with E-state index < -0.39 is 17.3 Å². The Hall–Kier alpha value is -2.70. The average molecular weight is 316 g/mol. The number of rotatable bonds is 6. The lowest BCUT2D eigenvalue weighted by Crippen LogP contribution is -2.40. The van der Waals surface area contributed by atoms with Crippen LogP contribution in [0.4, 0.5) is 4.79 Å². The largest absolute Gasteiger partial charge is 0.337 e. The quantitative estimate of drug-likeness (QED) is 0.793. The van der Waals surface area contributed by atoms with E-state index in [0.717, 1.165) is 30.3 Å². The number of nitrogens with one attached hydrogen (secondary N) is 2. The lowest BCUT2D eigenvalue weighted by atomic mass is 10.2. The van der Waals surface area contributed by atoms with Crippen LogP contribution in [0.2, 0.25) is 0 Å². The molecule has 2 aromatic heterocycles. The van der Waals surface area contributed by atoms with Crippen LogP contribution >= 0.6 is 0 Å². The summed E-state index contributed by atoms with van der Waals surface area (Å²) in [6.07, 6.45) is 6.86. The molecule has 0 fully saturated rings. The predicted molar refractivity (Wildman–Crippen MR) is 87.5 cm³/mol. The van der Waals surface area contributed by atoms with Crippen molar-refractivity contribution in [3.05, 3.63) is 51.4 Å². The van der Waals surface area contributed by atoms with Gasteiger partial charge >= 0.3 is 11.7 Å². The third kappa shape index (κ3) is 4.38. The number of carbonyl (C=O) groups excluding carboxylic acids is 1. The van der Waals surface area contributed by atoms with Crippen LogP contribution in [0.5, 0.6) is 0 Å². The molecule has 0 saturated carbocycles. The molecule has 23 heavy (non-hydrogen) atoms. The van der Waals surface area contributed by atoms with Crippen molar-refractivity contribution in [2.75, 3.05) is 6.54 Å². The molecule has 0 bridgehead atoms. The van der Waals surface area contributed by atoms with Gasteiger partial charge in [0.2, 0.25) is 0 Å². The summed E-state index contributed by atoms with van der Waals surface area (Å²) in [5, 5.41) is 2.68. The van der Waals surface area contributed by atoms with Gasteiger partial charge in [0.1, 0.15) is 0 Å². The van der Waals surface area contributed by atoms with Crippen LogP contribution in [0.15, 0.2) is 40.2 Å². The van der Waals surface area contributed by atoms with E-state index in [0.29, 0.717) is 12.2 Å². The number of hydrogen-bond acceptors (Lipinski definition) is 4. The molecule has 1 amide bonds. The van der Waals surface area contributed by atoms with Gasteiger partial charge in [0.15, 0.2) is 0 Å². The minimum absolute atomic E-state index is 0.173. The summed E-state index contributed by atoms with van der Waals surface area (Å²) in [6, 6.07) is 4.53. The standard InChI is InChI=1S/C16H20N4O3/c1-2-3-4-6-10-18-15(22)20-11-12(14(21)19-16(20)23)13-8-5-7-9-17-13/h5,7-9,11H,2-4,6,10H2,1H3,(H,18,22)(H,19,21,23). The molecular formula is C16H20N4O3. The minimum Gasteiger partial charge on any atom is -0.337 e. The lowest BCUT2D eigenvalue weighted by Gasteiger charge is -2.08. The molecule has 122 valence electrons. The number of unbranched alkanes of at least 4 members (excludes halogenated alkanes) is 3. The van der Waals surface area contributed by atoms with Crippen LogP contribution < -0.4 is 16.6 Å². The van der Waals surface area contributed by atoms with Crippen molar-refractivity contribution < 1.29 is 4.79 Å². The fourth-order valence-corrected chi connectivity index (χ4v) is 2.16. The molecule has 2 aromatic rings. The lowest BCUT2D eigenvalue weighted by molar-refractivity contribution is 0.241. The summed E-state index contributed by atoms with van der Waals surface area (Å²) >= 11 is 0. The third-order valence-electron chi connectivity index (χ3n) is 3.41. The van der Waals surface area contributed by atoms with Gasteiger partial charge in [-0.1, -0.05) is 32.3 Å². The van der Waals surface area contributed by atoms with Crippen LogP contribution in [0.3, 0.4) is 0 Å². The van der Waals surface area contributed by atoms with E-state index in [9.17, 15) is 14.4 Å². The second-order valence-electron chi connectivity index (χ2n) is 5.18. The number of amides is 1. The van der Waals surface area contributed by atoms with Crippen molar-refractivity contribution in [1.29, 1.82) is 0 Å². The number of carbonyl (C=O) groups is 1. The van der Waals surface area contributed by atoms with Gasteiger partial charge in [0.05, 0.1) is 11.3 Å². The molecule has 2 rings (SSSR count). The van der Waals surface area contributed by atoms with Crippen molar-refractivity contribution in [1.82, 2.24) is 19.9 Å². The van der Waals surface area contributed by atoms with E-state index in [1.165, 1.54) is 12.4 Å². The first kappa shape index (κ1) is 16.7. The molecule has 0 unspecified atom stereocenters. The fourth-order valence-electron chi connectivity index (χ4n) is 2.16. The fraction of sp³-hybridized carbons (Fsp3) is 0.375. The molecule has 2 N–H and O–H groups in total. The molecule has 0 saturated heterocycles. The SMILES string of the molecule is CCCCCCNC(=O)n1cc(-c2ccccn2)c(=O)[nH]c1=O. The Morgan fingerprint density at radius 2 is 2.09 bits per heavy atom. The Morgan fingerprint density at radius 1 is 1.26 bits per heavy atom. The molecule has 0 radical (unpaired) electrons. The summed E-state index contributed by atoms with van der Waals surface area (Å²) in [5.74, 6) is 0. The smallest absolute Gasteiger partial charge is 0.336 e. The zero-order chi connectivity index (χ0) is 16.7. The molecule has 2 heterocycles. The maximum absolute atomic E-state index is 12.1. The molecule has 0 aliphatic carbocycles. The monoisotopic (exact) mass is 316 g/mol. The Kier molecular flexibility index (Phi) is 5.85. The summed E-state index contributed by atoms with van der Waals surface area (Å²) in [7, 11) is 0. The zero-order valence-corrected chi connectivity index (χ0v) is 13.0. The van der Waals surface area contributed by atoms with Gasteiger partial charge in [-0.15, -0.1) is 0 Å². The van der Waals surface area contributed by atoms with Crippen molar-refractivity contribution in [3.8, 4) is 11.3 Å². The second-order valence-corrected chi connectivity index (χ2v) is 5.18. The zero-order valence-electron chi connectivity index (χ0n) is 13.0. The molecule has 0 atom stereocenters. The first-order chi connectivity index (χ1) is 11.1. The second kappa shape index (κ2) is 8.07. The van der Waals surface area contributed by atoms with Crippen LogP contribution in [0.25, 0.3) is 11.3 Å². The van der Waals surface area contributed by atoms with Gasteiger partial charge in [0, 0.05) is 18.9 Å². The molecule has 0 aliphatic rings. The van der Waals surface area contributed by atoms with E-state index >= 15 is 0 Å². The minimum atomic E-state index is -0.763. The number of H-pyrrole nitrogens is 1. The normalized spacial score (nSPS) is 10.5. The third-order valence-corrected chi connectivity index (χ3v) is 3.41. The maximum atomic E-state index is 12.1. The summed E-state index contributed by atoms with van der Waals surface area (Å²) < 4.78 is 0.866. The number of aromatic nitrogens is 3. The number of nitrogens with zero attached hydrogens (tertiary/aromatic N) is 2. The molecule has 7 heteroatoms. The van der Waals surface area contributed by atoms with E-state index in [1.807, 2.05) is 0 Å². The van der Waals surface area contributed by atoms with Gasteiger partial charge in [0.25, 0.3) is 5.56 Å². The Labute approximate surface area is 133 Å². The van der Waals surface area contributed by atoms with Gasteiger partial charge in [-0.2, -0.15) is 0 Å². The molecule has 0 aliphatic heterocycles. The van der Waals surface area contributed by atoms with Crippen molar-refractivity contribution >= 4 is 6.03 Å². The summed E-state index contributed by atoms with van der Waals surface area (Å²) in [4.78, 5) is 42.1. The highest BCUT2D eigenvalue weighted by molar-refractivity contribution is 5.77. The van der Waals surface area contributed by atoms with Crippen LogP contribution in [0, 0.1) is 0 Å². The van der Waals surface area contributed by atoms with Gasteiger partial charge in [-0.25, -0.2) is 14.2 Å². The van der Waals surface area contributed by atoms with Crippen LogP contribution in [-0.4, -0.2) is 27.1 Å². The van der Waals surface area contributed by atoms with E-state index in [4.69, 9.17) is 0 Å². The topological polar surface area (TPSA) is 96.8 Å². The molecule has 7 nitrogen and oxygen atoms in total. The van der Waals surface area contributed by atoms with Crippen LogP contribution in [0.1, 0.15) is 32.6 Å². The van der Waals surface area contributed by atoms with Gasteiger partial charge in [-0.05, 0) is 18.6 Å². The number of hydrogen-bond donors (Lipinski definition) is 2. The Morgan fingerprint density at radius 3 is 2.78 bits per heavy atom. The average Bonchev–Trinajstić information content (AvgIpc) is 2.55. The highest BCUT2D eigenvalue weighted by Gasteiger charge is 2.12. The molecule has 0 aromatic carbocycles. The van der Waals surface area contributed by atoms with Crippen LogP contribution in [-0.2, 0) is 0 Å². The first-order valence-electron chi connectivity index (χ1n) is 7.69. The van der Waals surface area contributed by atoms with Crippen molar-refractivity contribution in [2.24, 2.45) is 0 Å². The van der Waals surface area contributed by atoms with E-state index in [1.54, 1.807) is 18.2 Å². The summed E-state index contributed by atoms with van der Waals surface area (Å²) in [6.45, 7) is 2.60. The molecular weight excluding hydrogens is 296 g/mol. The Bertz CT molecular complexity index is 765. The molecule has 0 spiro atoms. The number of aromatic amines is 1. The summed E-state index contributed by atoms with van der Waals surface area (Å²) in [5.41, 5.74) is -0.758. The highest BCUT2D eigenvalue weighted by Crippen LogP contribution is 2.09. The van der Waals surface area contributed by atoms with Crippen molar-refractivity contribution in [3.63, 3.8) is 0 Å². The van der Waals surface area contributed by atoms with E-state index in [-0.39, 0.29) is 5.56 Å². The Balaban J connectivity index is 2.18.